The smallest absolute Gasteiger partial charge is 0.422 e. The van der Waals surface area contributed by atoms with Gasteiger partial charge in [0.1, 0.15) is 5.75 Å². The summed E-state index contributed by atoms with van der Waals surface area (Å²) >= 11 is 0. The van der Waals surface area contributed by atoms with Crippen LogP contribution in [0.4, 0.5) is 18.9 Å². The van der Waals surface area contributed by atoms with Crippen molar-refractivity contribution in [1.82, 2.24) is 9.80 Å². The molecule has 1 aliphatic heterocycles. The molecule has 1 aliphatic rings. The van der Waals surface area contributed by atoms with Crippen LogP contribution < -0.4 is 10.1 Å². The first-order valence-corrected chi connectivity index (χ1v) is 8.13. The van der Waals surface area contributed by atoms with Crippen molar-refractivity contribution in [2.24, 2.45) is 0 Å². The second-order valence-corrected chi connectivity index (χ2v) is 6.15. The number of carbonyl (C=O) groups is 2. The maximum Gasteiger partial charge on any atom is 0.422 e. The highest BCUT2D eigenvalue weighted by Crippen LogP contribution is 2.28. The van der Waals surface area contributed by atoms with Crippen molar-refractivity contribution in [3.8, 4) is 5.75 Å². The number of likely N-dealkylation sites (N-methyl/N-ethyl adjacent to an activating group) is 1. The fourth-order valence-electron chi connectivity index (χ4n) is 2.51. The molecule has 0 spiro atoms. The first-order chi connectivity index (χ1) is 12.7. The fraction of sp³-hybridized carbons (Fsp3) is 0.500. The molecule has 0 aliphatic carbocycles. The Kier molecular flexibility index (Phi) is 7.08. The molecular weight excluding hydrogens is 366 g/mol. The Hall–Kier alpha value is -2.27. The molecule has 146 valence electrons. The first kappa shape index (κ1) is 21.0. The normalized spacial score (nSPS) is 16.0. The lowest BCUT2D eigenvalue weighted by Crippen LogP contribution is -2.47. The van der Waals surface area contributed by atoms with E-state index >= 15 is 0 Å². The van der Waals surface area contributed by atoms with E-state index in [0.717, 1.165) is 25.2 Å². The van der Waals surface area contributed by atoms with Crippen molar-refractivity contribution in [3.05, 3.63) is 23.8 Å². The molecular formula is C16H19BF3N3O4. The van der Waals surface area contributed by atoms with Gasteiger partial charge < -0.3 is 19.6 Å². The monoisotopic (exact) mass is 385 g/mol. The SMILES string of the molecule is [B]OC(=O)c1ccc(OCC(F)(F)F)c(NC(=O)CN2CCN(C)CC2)c1. The van der Waals surface area contributed by atoms with E-state index < -0.39 is 24.7 Å². The number of benzene rings is 1. The number of amides is 1. The molecule has 7 nitrogen and oxygen atoms in total. The van der Waals surface area contributed by atoms with Crippen molar-refractivity contribution >= 4 is 25.6 Å². The minimum absolute atomic E-state index is 0.0354. The molecule has 2 radical (unpaired) electrons. The molecule has 1 heterocycles. The van der Waals surface area contributed by atoms with Gasteiger partial charge in [-0.3, -0.25) is 9.69 Å². The Bertz CT molecular complexity index is 679. The molecule has 27 heavy (non-hydrogen) atoms. The van der Waals surface area contributed by atoms with E-state index in [9.17, 15) is 22.8 Å². The number of anilines is 1. The van der Waals surface area contributed by atoms with Crippen molar-refractivity contribution in [3.63, 3.8) is 0 Å². The van der Waals surface area contributed by atoms with Gasteiger partial charge in [-0.15, -0.1) is 0 Å². The van der Waals surface area contributed by atoms with Gasteiger partial charge >= 0.3 is 20.2 Å². The average molecular weight is 385 g/mol. The van der Waals surface area contributed by atoms with Crippen LogP contribution in [0.3, 0.4) is 0 Å². The summed E-state index contributed by atoms with van der Waals surface area (Å²) < 4.78 is 46.1. The standard InChI is InChI=1S/C16H19BF3N3O4/c1-22-4-6-23(7-5-22)9-14(24)21-12-8-11(15(25)27-17)2-3-13(12)26-10-16(18,19)20/h2-3,8H,4-7,9-10H2,1H3,(H,21,24). The van der Waals surface area contributed by atoms with Crippen molar-refractivity contribution < 1.29 is 32.2 Å². The van der Waals surface area contributed by atoms with Crippen LogP contribution in [-0.4, -0.2) is 82.3 Å². The predicted molar refractivity (Wildman–Crippen MR) is 91.7 cm³/mol. The topological polar surface area (TPSA) is 71.1 Å². The molecule has 2 rings (SSSR count). The molecule has 1 aromatic rings. The van der Waals surface area contributed by atoms with Crippen molar-refractivity contribution in [1.29, 1.82) is 0 Å². The molecule has 0 unspecified atom stereocenters. The lowest BCUT2D eigenvalue weighted by Gasteiger charge is -2.31. The van der Waals surface area contributed by atoms with Crippen LogP contribution in [0.5, 0.6) is 5.75 Å². The zero-order chi connectivity index (χ0) is 20.0. The second-order valence-electron chi connectivity index (χ2n) is 6.15. The summed E-state index contributed by atoms with van der Waals surface area (Å²) in [5.74, 6) is -1.55. The third kappa shape index (κ3) is 6.76. The highest BCUT2D eigenvalue weighted by molar-refractivity contribution is 6.10. The molecule has 11 heteroatoms. The molecule has 1 aromatic carbocycles. The Morgan fingerprint density at radius 3 is 2.48 bits per heavy atom. The van der Waals surface area contributed by atoms with E-state index in [2.05, 4.69) is 14.9 Å². The molecule has 1 amide bonds. The summed E-state index contributed by atoms with van der Waals surface area (Å²) in [5, 5.41) is 2.49. The molecule has 0 aromatic heterocycles. The summed E-state index contributed by atoms with van der Waals surface area (Å²) in [5.41, 5.74) is -0.104. The summed E-state index contributed by atoms with van der Waals surface area (Å²) in [4.78, 5) is 27.9. The van der Waals surface area contributed by atoms with E-state index in [4.69, 9.17) is 12.8 Å². The molecule has 1 saturated heterocycles. The zero-order valence-electron chi connectivity index (χ0n) is 14.7. The molecule has 1 N–H and O–H groups in total. The van der Waals surface area contributed by atoms with Crippen molar-refractivity contribution in [2.45, 2.75) is 6.18 Å². The highest BCUT2D eigenvalue weighted by Gasteiger charge is 2.29. The summed E-state index contributed by atoms with van der Waals surface area (Å²) in [7, 11) is 6.79. The first-order valence-electron chi connectivity index (χ1n) is 8.13. The number of piperazine rings is 1. The second kappa shape index (κ2) is 9.09. The number of alkyl halides is 3. The van der Waals surface area contributed by atoms with Gasteiger partial charge in [-0.2, -0.15) is 13.2 Å². The van der Waals surface area contributed by atoms with E-state index in [1.54, 1.807) is 0 Å². The quantitative estimate of drug-likeness (QED) is 0.739. The maximum atomic E-state index is 12.4. The van der Waals surface area contributed by atoms with Gasteiger partial charge in [-0.05, 0) is 25.2 Å². The van der Waals surface area contributed by atoms with E-state index in [1.165, 1.54) is 6.07 Å². The van der Waals surface area contributed by atoms with Crippen LogP contribution in [0.15, 0.2) is 18.2 Å². The number of ether oxygens (including phenoxy) is 1. The number of rotatable bonds is 6. The Labute approximate surface area is 155 Å². The maximum absolute atomic E-state index is 12.4. The minimum Gasteiger partial charge on any atom is -0.540 e. The third-order valence-electron chi connectivity index (χ3n) is 3.95. The minimum atomic E-state index is -4.55. The Morgan fingerprint density at radius 1 is 1.22 bits per heavy atom. The van der Waals surface area contributed by atoms with Gasteiger partial charge in [-0.25, -0.2) is 4.79 Å². The van der Waals surface area contributed by atoms with Gasteiger partial charge in [0.05, 0.1) is 17.8 Å². The van der Waals surface area contributed by atoms with Gasteiger partial charge in [0, 0.05) is 26.2 Å². The van der Waals surface area contributed by atoms with Gasteiger partial charge in [0.25, 0.3) is 0 Å². The number of hydrogen-bond acceptors (Lipinski definition) is 6. The highest BCUT2D eigenvalue weighted by atomic mass is 19.4. The van der Waals surface area contributed by atoms with E-state index in [0.29, 0.717) is 13.1 Å². The molecule has 0 bridgehead atoms. The molecule has 0 atom stereocenters. The van der Waals surface area contributed by atoms with Gasteiger partial charge in [-0.1, -0.05) is 0 Å². The van der Waals surface area contributed by atoms with Gasteiger partial charge in [0.15, 0.2) is 6.61 Å². The number of carbonyl (C=O) groups excluding carboxylic acids is 2. The lowest BCUT2D eigenvalue weighted by atomic mass is 10.1. The Morgan fingerprint density at radius 2 is 1.89 bits per heavy atom. The number of hydrogen-bond donors (Lipinski definition) is 1. The van der Waals surface area contributed by atoms with Crippen LogP contribution >= 0.6 is 0 Å². The van der Waals surface area contributed by atoms with E-state index in [1.807, 2.05) is 11.9 Å². The van der Waals surface area contributed by atoms with Gasteiger partial charge in [0.2, 0.25) is 5.91 Å². The summed E-state index contributed by atoms with van der Waals surface area (Å²) in [6.45, 7) is 1.55. The summed E-state index contributed by atoms with van der Waals surface area (Å²) in [6, 6.07) is 3.49. The zero-order valence-corrected chi connectivity index (χ0v) is 14.7. The predicted octanol–water partition coefficient (Wildman–Crippen LogP) is 1.05. The van der Waals surface area contributed by atoms with Crippen LogP contribution in [0.1, 0.15) is 10.4 Å². The number of halogens is 3. The largest absolute Gasteiger partial charge is 0.540 e. The van der Waals surface area contributed by atoms with E-state index in [-0.39, 0.29) is 23.5 Å². The summed E-state index contributed by atoms with van der Waals surface area (Å²) in [6.07, 6.45) is -4.55. The van der Waals surface area contributed by atoms with Crippen molar-refractivity contribution in [2.75, 3.05) is 51.7 Å². The Balaban J connectivity index is 2.10. The third-order valence-corrected chi connectivity index (χ3v) is 3.95. The molecule has 1 fully saturated rings. The number of nitrogens with zero attached hydrogens (tertiary/aromatic N) is 2. The lowest BCUT2D eigenvalue weighted by molar-refractivity contribution is -0.153. The van der Waals surface area contributed by atoms with Crippen LogP contribution in [0, 0.1) is 0 Å². The van der Waals surface area contributed by atoms with Crippen LogP contribution in [0.2, 0.25) is 0 Å². The van der Waals surface area contributed by atoms with Crippen LogP contribution in [0.25, 0.3) is 0 Å². The van der Waals surface area contributed by atoms with Crippen LogP contribution in [-0.2, 0) is 9.45 Å². The number of nitrogens with one attached hydrogen (secondary N) is 1. The fourth-order valence-corrected chi connectivity index (χ4v) is 2.51. The average Bonchev–Trinajstić information content (AvgIpc) is 2.61. The molecule has 0 saturated carbocycles.